The minimum absolute atomic E-state index is 0.353. The summed E-state index contributed by atoms with van der Waals surface area (Å²) in [5.41, 5.74) is 13.7. The van der Waals surface area contributed by atoms with Crippen LogP contribution < -0.4 is 16.8 Å². The summed E-state index contributed by atoms with van der Waals surface area (Å²) >= 11 is 6.02. The van der Waals surface area contributed by atoms with Gasteiger partial charge in [-0.15, -0.1) is 0 Å². The Balaban J connectivity index is 1.90. The fourth-order valence-corrected chi connectivity index (χ4v) is 2.99. The average Bonchev–Trinajstić information content (AvgIpc) is 2.40. The van der Waals surface area contributed by atoms with E-state index in [-0.39, 0.29) is 0 Å². The van der Waals surface area contributed by atoms with Crippen LogP contribution in [-0.2, 0) is 0 Å². The summed E-state index contributed by atoms with van der Waals surface area (Å²) in [5, 5.41) is 5.31. The highest BCUT2D eigenvalue weighted by Gasteiger charge is 2.19. The van der Waals surface area contributed by atoms with E-state index in [1.807, 2.05) is 24.3 Å². The molecular formula is C15H19ClN4. The molecule has 106 valence electrons. The summed E-state index contributed by atoms with van der Waals surface area (Å²) in [6.07, 6.45) is 4.33. The van der Waals surface area contributed by atoms with Crippen molar-refractivity contribution in [3.05, 3.63) is 29.3 Å². The number of hydrogen-bond acceptors (Lipinski definition) is 4. The second-order valence-electron chi connectivity index (χ2n) is 5.51. The third-order valence-electron chi connectivity index (χ3n) is 3.92. The second kappa shape index (κ2) is 5.46. The normalized spacial score (nSPS) is 22.9. The first-order chi connectivity index (χ1) is 9.61. The van der Waals surface area contributed by atoms with Gasteiger partial charge in [-0.2, -0.15) is 0 Å². The maximum Gasteiger partial charge on any atom is 0.126 e. The summed E-state index contributed by atoms with van der Waals surface area (Å²) < 4.78 is 0. The van der Waals surface area contributed by atoms with Crippen LogP contribution in [0.1, 0.15) is 25.7 Å². The molecule has 20 heavy (non-hydrogen) atoms. The number of nitrogens with zero attached hydrogens (tertiary/aromatic N) is 1. The number of pyridine rings is 1. The molecule has 4 nitrogen and oxygen atoms in total. The molecule has 1 aliphatic rings. The van der Waals surface area contributed by atoms with E-state index in [4.69, 9.17) is 23.1 Å². The Morgan fingerprint density at radius 2 is 1.90 bits per heavy atom. The lowest BCUT2D eigenvalue weighted by Gasteiger charge is -2.28. The van der Waals surface area contributed by atoms with E-state index in [1.165, 1.54) is 0 Å². The van der Waals surface area contributed by atoms with Gasteiger partial charge in [-0.05, 0) is 43.9 Å². The molecule has 1 aliphatic carbocycles. The summed E-state index contributed by atoms with van der Waals surface area (Å²) in [6.45, 7) is 0. The number of nitrogen functional groups attached to an aromatic ring is 1. The van der Waals surface area contributed by atoms with Gasteiger partial charge in [0.15, 0.2) is 0 Å². The van der Waals surface area contributed by atoms with Crippen LogP contribution in [0, 0.1) is 0 Å². The third kappa shape index (κ3) is 2.81. The van der Waals surface area contributed by atoms with Gasteiger partial charge in [0.25, 0.3) is 0 Å². The van der Waals surface area contributed by atoms with Crippen molar-refractivity contribution in [1.29, 1.82) is 0 Å². The van der Waals surface area contributed by atoms with Crippen molar-refractivity contribution in [2.45, 2.75) is 37.8 Å². The Labute approximate surface area is 123 Å². The van der Waals surface area contributed by atoms with Gasteiger partial charge in [0.1, 0.15) is 5.82 Å². The van der Waals surface area contributed by atoms with Crippen molar-refractivity contribution in [2.24, 2.45) is 5.73 Å². The minimum atomic E-state index is 0.353. The Morgan fingerprint density at radius 3 is 2.65 bits per heavy atom. The molecule has 0 amide bonds. The maximum absolute atomic E-state index is 6.02. The van der Waals surface area contributed by atoms with E-state index in [2.05, 4.69) is 10.3 Å². The van der Waals surface area contributed by atoms with Gasteiger partial charge in [-0.1, -0.05) is 11.6 Å². The second-order valence-corrected chi connectivity index (χ2v) is 5.95. The number of hydrogen-bond donors (Lipinski definition) is 3. The van der Waals surface area contributed by atoms with Gasteiger partial charge < -0.3 is 16.8 Å². The van der Waals surface area contributed by atoms with E-state index in [1.54, 1.807) is 0 Å². The average molecular weight is 291 g/mol. The Hall–Kier alpha value is -1.52. The number of nitrogens with one attached hydrogen (secondary N) is 1. The Bertz CT molecular complexity index is 615. The summed E-state index contributed by atoms with van der Waals surface area (Å²) in [6, 6.07) is 8.41. The molecule has 5 N–H and O–H groups in total. The maximum atomic E-state index is 6.02. The molecule has 0 aliphatic heterocycles. The SMILES string of the molecule is Nc1cc(NC2CCC(N)CC2)c2ccc(Cl)cc2n1. The van der Waals surface area contributed by atoms with Crippen LogP contribution in [0.15, 0.2) is 24.3 Å². The lowest BCUT2D eigenvalue weighted by atomic mass is 9.91. The van der Waals surface area contributed by atoms with Crippen LogP contribution in [0.3, 0.4) is 0 Å². The molecular weight excluding hydrogens is 272 g/mol. The topological polar surface area (TPSA) is 77.0 Å². The van der Waals surface area contributed by atoms with Crippen LogP contribution in [0.25, 0.3) is 10.9 Å². The number of benzene rings is 1. The van der Waals surface area contributed by atoms with E-state index in [0.29, 0.717) is 22.9 Å². The Kier molecular flexibility index (Phi) is 3.68. The van der Waals surface area contributed by atoms with Crippen molar-refractivity contribution >= 4 is 34.0 Å². The zero-order valence-electron chi connectivity index (χ0n) is 11.3. The quantitative estimate of drug-likeness (QED) is 0.794. The lowest BCUT2D eigenvalue weighted by molar-refractivity contribution is 0.411. The first kappa shape index (κ1) is 13.5. The number of rotatable bonds is 2. The van der Waals surface area contributed by atoms with Gasteiger partial charge in [-0.3, -0.25) is 0 Å². The first-order valence-electron chi connectivity index (χ1n) is 7.00. The van der Waals surface area contributed by atoms with Crippen molar-refractivity contribution in [2.75, 3.05) is 11.1 Å². The van der Waals surface area contributed by atoms with Gasteiger partial charge in [0, 0.05) is 34.2 Å². The van der Waals surface area contributed by atoms with Crippen LogP contribution >= 0.6 is 11.6 Å². The molecule has 1 saturated carbocycles. The first-order valence-corrected chi connectivity index (χ1v) is 7.37. The number of nitrogens with two attached hydrogens (primary N) is 2. The largest absolute Gasteiger partial charge is 0.384 e. The molecule has 0 atom stereocenters. The van der Waals surface area contributed by atoms with Gasteiger partial charge in [0.05, 0.1) is 5.52 Å². The van der Waals surface area contributed by atoms with Crippen molar-refractivity contribution in [1.82, 2.24) is 4.98 Å². The zero-order valence-corrected chi connectivity index (χ0v) is 12.0. The monoisotopic (exact) mass is 290 g/mol. The Morgan fingerprint density at radius 1 is 1.15 bits per heavy atom. The van der Waals surface area contributed by atoms with Crippen LogP contribution in [0.4, 0.5) is 11.5 Å². The highest BCUT2D eigenvalue weighted by atomic mass is 35.5. The van der Waals surface area contributed by atoms with Gasteiger partial charge in [0.2, 0.25) is 0 Å². The molecule has 2 aromatic rings. The van der Waals surface area contributed by atoms with Crippen molar-refractivity contribution in [3.8, 4) is 0 Å². The van der Waals surface area contributed by atoms with Crippen LogP contribution in [-0.4, -0.2) is 17.1 Å². The molecule has 0 bridgehead atoms. The molecule has 1 aromatic carbocycles. The zero-order chi connectivity index (χ0) is 14.1. The van der Waals surface area contributed by atoms with E-state index < -0.39 is 0 Å². The summed E-state index contributed by atoms with van der Waals surface area (Å²) in [7, 11) is 0. The molecule has 3 rings (SSSR count). The fraction of sp³-hybridized carbons (Fsp3) is 0.400. The predicted octanol–water partition coefficient (Wildman–Crippen LogP) is 3.15. The lowest BCUT2D eigenvalue weighted by Crippen LogP contribution is -2.32. The van der Waals surface area contributed by atoms with E-state index in [9.17, 15) is 0 Å². The number of aromatic nitrogens is 1. The molecule has 0 unspecified atom stereocenters. The molecule has 1 heterocycles. The minimum Gasteiger partial charge on any atom is -0.384 e. The predicted molar refractivity (Wildman–Crippen MR) is 85.0 cm³/mol. The molecule has 0 radical (unpaired) electrons. The van der Waals surface area contributed by atoms with Crippen LogP contribution in [0.5, 0.6) is 0 Å². The van der Waals surface area contributed by atoms with Crippen molar-refractivity contribution < 1.29 is 0 Å². The molecule has 1 fully saturated rings. The smallest absolute Gasteiger partial charge is 0.126 e. The number of halogens is 1. The number of fused-ring (bicyclic) bond motifs is 1. The highest BCUT2D eigenvalue weighted by molar-refractivity contribution is 6.31. The van der Waals surface area contributed by atoms with Gasteiger partial charge in [-0.25, -0.2) is 4.98 Å². The highest BCUT2D eigenvalue weighted by Crippen LogP contribution is 2.29. The third-order valence-corrected chi connectivity index (χ3v) is 4.16. The molecule has 0 saturated heterocycles. The molecule has 0 spiro atoms. The standard InChI is InChI=1S/C15H19ClN4/c16-9-1-6-12-13(7-9)20-15(18)8-14(12)19-11-4-2-10(17)3-5-11/h1,6-8,10-11H,2-5,17H2,(H3,18,19,20). The fourth-order valence-electron chi connectivity index (χ4n) is 2.82. The van der Waals surface area contributed by atoms with Crippen LogP contribution in [0.2, 0.25) is 5.02 Å². The molecule has 5 heteroatoms. The summed E-state index contributed by atoms with van der Waals surface area (Å²) in [5.74, 6) is 0.509. The van der Waals surface area contributed by atoms with E-state index >= 15 is 0 Å². The summed E-state index contributed by atoms with van der Waals surface area (Å²) in [4.78, 5) is 4.34. The van der Waals surface area contributed by atoms with Gasteiger partial charge >= 0.3 is 0 Å². The molecule has 1 aromatic heterocycles. The van der Waals surface area contributed by atoms with E-state index in [0.717, 1.165) is 42.3 Å². The number of anilines is 2. The van der Waals surface area contributed by atoms with Crippen molar-refractivity contribution in [3.63, 3.8) is 0 Å².